The predicted molar refractivity (Wildman–Crippen MR) is 132 cm³/mol. The molecule has 1 aromatic carbocycles. The van der Waals surface area contributed by atoms with Gasteiger partial charge in [-0.1, -0.05) is 35.9 Å². The first-order valence-electron chi connectivity index (χ1n) is 10.0. The van der Waals surface area contributed by atoms with Crippen molar-refractivity contribution < 1.29 is 8.42 Å². The molecule has 10 heteroatoms. The van der Waals surface area contributed by atoms with Crippen molar-refractivity contribution in [3.05, 3.63) is 64.7 Å². The van der Waals surface area contributed by atoms with E-state index in [-0.39, 0.29) is 23.3 Å². The third-order valence-corrected chi connectivity index (χ3v) is 6.79. The molecule has 1 saturated heterocycles. The van der Waals surface area contributed by atoms with Crippen molar-refractivity contribution in [2.24, 2.45) is 0 Å². The van der Waals surface area contributed by atoms with Gasteiger partial charge in [0, 0.05) is 31.7 Å². The van der Waals surface area contributed by atoms with Gasteiger partial charge in [-0.3, -0.25) is 4.72 Å². The second-order valence-corrected chi connectivity index (χ2v) is 9.51. The number of aryl methyl sites for hydroxylation is 2. The molecule has 3 heterocycles. The van der Waals surface area contributed by atoms with E-state index in [9.17, 15) is 8.42 Å². The Balaban J connectivity index is 0.00000289. The summed E-state index contributed by atoms with van der Waals surface area (Å²) in [6.45, 7) is 7.19. The topological polar surface area (TPSA) is 87.2 Å². The molecule has 0 unspecified atom stereocenters. The Hall–Kier alpha value is -2.39. The summed E-state index contributed by atoms with van der Waals surface area (Å²) in [5.74, 6) is 0.834. The smallest absolute Gasteiger partial charge is 0.280 e. The van der Waals surface area contributed by atoms with Crippen molar-refractivity contribution >= 4 is 45.7 Å². The molecule has 2 aromatic heterocycles. The Morgan fingerprint density at radius 2 is 1.62 bits per heavy atom. The molecule has 32 heavy (non-hydrogen) atoms. The zero-order valence-electron chi connectivity index (χ0n) is 17.8. The number of halogens is 2. The van der Waals surface area contributed by atoms with E-state index in [0.717, 1.165) is 42.9 Å². The van der Waals surface area contributed by atoms with Crippen LogP contribution in [0, 0.1) is 13.8 Å². The van der Waals surface area contributed by atoms with E-state index < -0.39 is 10.0 Å². The van der Waals surface area contributed by atoms with Crippen LogP contribution in [0.1, 0.15) is 11.1 Å². The zero-order valence-corrected chi connectivity index (χ0v) is 20.2. The molecule has 0 amide bonds. The van der Waals surface area contributed by atoms with Gasteiger partial charge in [-0.2, -0.15) is 8.42 Å². The highest BCUT2D eigenvalue weighted by Crippen LogP contribution is 2.32. The van der Waals surface area contributed by atoms with Crippen LogP contribution in [-0.2, 0) is 10.0 Å². The molecule has 0 bridgehead atoms. The van der Waals surface area contributed by atoms with Gasteiger partial charge in [-0.15, -0.1) is 12.4 Å². The van der Waals surface area contributed by atoms with Gasteiger partial charge in [0.05, 0.1) is 10.7 Å². The number of sulfonamides is 1. The van der Waals surface area contributed by atoms with Gasteiger partial charge in [0.1, 0.15) is 11.6 Å². The van der Waals surface area contributed by atoms with Crippen molar-refractivity contribution in [2.45, 2.75) is 18.9 Å². The summed E-state index contributed by atoms with van der Waals surface area (Å²) in [5, 5.41) is 3.68. The summed E-state index contributed by atoms with van der Waals surface area (Å²) < 4.78 is 28.6. The van der Waals surface area contributed by atoms with Gasteiger partial charge in [0.2, 0.25) is 0 Å². The summed E-state index contributed by atoms with van der Waals surface area (Å²) in [6.07, 6.45) is 0. The number of nitrogens with one attached hydrogen (secondary N) is 2. The fourth-order valence-electron chi connectivity index (χ4n) is 3.68. The number of aromatic nitrogens is 2. The lowest BCUT2D eigenvalue weighted by atomic mass is 9.99. The van der Waals surface area contributed by atoms with Crippen LogP contribution in [0.15, 0.2) is 53.6 Å². The third-order valence-electron chi connectivity index (χ3n) is 5.23. The lowest BCUT2D eigenvalue weighted by Crippen LogP contribution is -2.44. The second-order valence-electron chi connectivity index (χ2n) is 7.47. The maximum absolute atomic E-state index is 13.0. The van der Waals surface area contributed by atoms with Gasteiger partial charge >= 0.3 is 0 Å². The zero-order chi connectivity index (χ0) is 22.0. The van der Waals surface area contributed by atoms with E-state index in [0.29, 0.717) is 16.5 Å². The van der Waals surface area contributed by atoms with Crippen LogP contribution in [0.5, 0.6) is 0 Å². The predicted octanol–water partition coefficient (Wildman–Crippen LogP) is 4.05. The molecule has 7 nitrogen and oxygen atoms in total. The molecular weight excluding hydrogens is 469 g/mol. The lowest BCUT2D eigenvalue weighted by molar-refractivity contribution is 0.580. The third kappa shape index (κ3) is 5.15. The summed E-state index contributed by atoms with van der Waals surface area (Å²) in [5.41, 5.74) is 3.46. The van der Waals surface area contributed by atoms with Crippen molar-refractivity contribution in [3.8, 4) is 11.3 Å². The molecule has 4 rings (SSSR count). The fourth-order valence-corrected chi connectivity index (χ4v) is 4.84. The standard InChI is InChI=1S/C22H24ClN5O2S.ClH/c1-15-5-3-6-16(2)21(15)22-17(23)9-10-18(25-22)27-31(29,30)20-8-4-7-19(26-20)28-13-11-24-12-14-28;/h3-10,24H,11-14H2,1-2H3,(H,25,27);1H. The molecule has 1 aliphatic rings. The number of nitrogens with zero attached hydrogens (tertiary/aromatic N) is 3. The van der Waals surface area contributed by atoms with Gasteiger partial charge in [0.15, 0.2) is 5.03 Å². The van der Waals surface area contributed by atoms with Gasteiger partial charge in [0.25, 0.3) is 10.0 Å². The highest BCUT2D eigenvalue weighted by Gasteiger charge is 2.21. The van der Waals surface area contributed by atoms with Crippen LogP contribution in [0.25, 0.3) is 11.3 Å². The second kappa shape index (κ2) is 10.0. The maximum atomic E-state index is 13.0. The van der Waals surface area contributed by atoms with Crippen molar-refractivity contribution in [1.82, 2.24) is 15.3 Å². The van der Waals surface area contributed by atoms with E-state index in [4.69, 9.17) is 11.6 Å². The number of hydrogen-bond acceptors (Lipinski definition) is 6. The average molecular weight is 494 g/mol. The van der Waals surface area contributed by atoms with E-state index in [1.54, 1.807) is 18.2 Å². The number of piperazine rings is 1. The molecule has 0 atom stereocenters. The largest absolute Gasteiger partial charge is 0.354 e. The Kier molecular flexibility index (Phi) is 7.61. The summed E-state index contributed by atoms with van der Waals surface area (Å²) in [7, 11) is -3.92. The molecule has 0 radical (unpaired) electrons. The first-order valence-corrected chi connectivity index (χ1v) is 11.9. The number of pyridine rings is 2. The Labute approximate surface area is 199 Å². The lowest BCUT2D eigenvalue weighted by Gasteiger charge is -2.28. The van der Waals surface area contributed by atoms with Gasteiger partial charge in [-0.25, -0.2) is 9.97 Å². The van der Waals surface area contributed by atoms with Crippen LogP contribution < -0.4 is 14.9 Å². The monoisotopic (exact) mass is 493 g/mol. The van der Waals surface area contributed by atoms with Gasteiger partial charge in [-0.05, 0) is 49.2 Å². The van der Waals surface area contributed by atoms with Crippen molar-refractivity contribution in [2.75, 3.05) is 35.8 Å². The average Bonchev–Trinajstić information content (AvgIpc) is 2.76. The summed E-state index contributed by atoms with van der Waals surface area (Å²) >= 11 is 6.41. The molecule has 0 spiro atoms. The van der Waals surface area contributed by atoms with E-state index >= 15 is 0 Å². The molecule has 0 saturated carbocycles. The Bertz CT molecular complexity index is 1190. The van der Waals surface area contributed by atoms with Crippen molar-refractivity contribution in [3.63, 3.8) is 0 Å². The normalized spacial score (nSPS) is 14.0. The van der Waals surface area contributed by atoms with Crippen LogP contribution in [0.3, 0.4) is 0 Å². The minimum Gasteiger partial charge on any atom is -0.354 e. The molecule has 1 fully saturated rings. The number of anilines is 2. The molecule has 1 aliphatic heterocycles. The number of hydrogen-bond donors (Lipinski definition) is 2. The number of benzene rings is 1. The maximum Gasteiger partial charge on any atom is 0.280 e. The molecule has 170 valence electrons. The van der Waals surface area contributed by atoms with Crippen LogP contribution in [-0.4, -0.2) is 44.6 Å². The fraction of sp³-hybridized carbons (Fsp3) is 0.273. The highest BCUT2D eigenvalue weighted by atomic mass is 35.5. The van der Waals surface area contributed by atoms with Crippen LogP contribution >= 0.6 is 24.0 Å². The van der Waals surface area contributed by atoms with Crippen LogP contribution in [0.2, 0.25) is 5.02 Å². The van der Waals surface area contributed by atoms with E-state index in [2.05, 4.69) is 24.9 Å². The van der Waals surface area contributed by atoms with E-state index in [1.165, 1.54) is 6.07 Å². The highest BCUT2D eigenvalue weighted by molar-refractivity contribution is 7.92. The molecule has 2 N–H and O–H groups in total. The van der Waals surface area contributed by atoms with E-state index in [1.807, 2.05) is 38.1 Å². The Morgan fingerprint density at radius 3 is 2.31 bits per heavy atom. The minimum absolute atomic E-state index is 0. The first-order chi connectivity index (χ1) is 14.8. The summed E-state index contributed by atoms with van der Waals surface area (Å²) in [4.78, 5) is 11.0. The van der Waals surface area contributed by atoms with Crippen molar-refractivity contribution in [1.29, 1.82) is 0 Å². The molecular formula is C22H25Cl2N5O2S. The van der Waals surface area contributed by atoms with Crippen LogP contribution in [0.4, 0.5) is 11.6 Å². The number of rotatable bonds is 5. The first kappa shape index (κ1) is 24.3. The SMILES string of the molecule is Cc1cccc(C)c1-c1nc(NS(=O)(=O)c2cccc(N3CCNCC3)n2)ccc1Cl.Cl. The van der Waals surface area contributed by atoms with Gasteiger partial charge < -0.3 is 10.2 Å². The minimum atomic E-state index is -3.92. The Morgan fingerprint density at radius 1 is 0.969 bits per heavy atom. The quantitative estimate of drug-likeness (QED) is 0.557. The molecule has 0 aliphatic carbocycles. The molecule has 3 aromatic rings. The summed E-state index contributed by atoms with van der Waals surface area (Å²) in [6, 6.07) is 14.1.